The summed E-state index contributed by atoms with van der Waals surface area (Å²) in [5.41, 5.74) is 8.83. The van der Waals surface area contributed by atoms with Crippen LogP contribution in [0.1, 0.15) is 30.5 Å². The van der Waals surface area contributed by atoms with E-state index in [0.29, 0.717) is 0 Å². The van der Waals surface area contributed by atoms with Gasteiger partial charge in [0.05, 0.1) is 0 Å². The van der Waals surface area contributed by atoms with E-state index < -0.39 is 0 Å². The van der Waals surface area contributed by atoms with Crippen molar-refractivity contribution < 1.29 is 0 Å². The molecule has 2 nitrogen and oxygen atoms in total. The van der Waals surface area contributed by atoms with Crippen LogP contribution < -0.4 is 5.73 Å². The SMILES string of the molecule is Cc1cc(CCC2(N)CC2)c[nH]1. The molecule has 0 aliphatic heterocycles. The van der Waals surface area contributed by atoms with Crippen molar-refractivity contribution in [3.8, 4) is 0 Å². The summed E-state index contributed by atoms with van der Waals surface area (Å²) in [6, 6.07) is 2.20. The van der Waals surface area contributed by atoms with Crippen LogP contribution in [0.5, 0.6) is 0 Å². The van der Waals surface area contributed by atoms with Crippen molar-refractivity contribution in [3.63, 3.8) is 0 Å². The summed E-state index contributed by atoms with van der Waals surface area (Å²) in [5, 5.41) is 0. The van der Waals surface area contributed by atoms with Gasteiger partial charge in [0.2, 0.25) is 0 Å². The lowest BCUT2D eigenvalue weighted by Gasteiger charge is -2.05. The van der Waals surface area contributed by atoms with Gasteiger partial charge in [0, 0.05) is 17.4 Å². The minimum absolute atomic E-state index is 0.200. The Balaban J connectivity index is 1.87. The lowest BCUT2D eigenvalue weighted by molar-refractivity contribution is 0.609. The van der Waals surface area contributed by atoms with Crippen molar-refractivity contribution in [1.82, 2.24) is 4.98 Å². The zero-order chi connectivity index (χ0) is 8.60. The molecule has 0 aromatic carbocycles. The zero-order valence-corrected chi connectivity index (χ0v) is 7.56. The summed E-state index contributed by atoms with van der Waals surface area (Å²) in [5.74, 6) is 0. The fourth-order valence-electron chi connectivity index (χ4n) is 1.52. The van der Waals surface area contributed by atoms with Gasteiger partial charge in [-0.15, -0.1) is 0 Å². The van der Waals surface area contributed by atoms with Crippen LogP contribution in [0.25, 0.3) is 0 Å². The third-order valence-corrected chi connectivity index (χ3v) is 2.69. The van der Waals surface area contributed by atoms with E-state index in [1.807, 2.05) is 0 Å². The Bertz CT molecular complexity index is 271. The first-order valence-electron chi connectivity index (χ1n) is 4.61. The van der Waals surface area contributed by atoms with Gasteiger partial charge in [0.1, 0.15) is 0 Å². The van der Waals surface area contributed by atoms with E-state index in [9.17, 15) is 0 Å². The molecule has 2 heteroatoms. The molecule has 0 atom stereocenters. The van der Waals surface area contributed by atoms with Gasteiger partial charge in [-0.3, -0.25) is 0 Å². The molecule has 0 unspecified atom stereocenters. The first-order chi connectivity index (χ1) is 5.68. The maximum atomic E-state index is 5.99. The standard InChI is InChI=1S/C10H16N2/c1-8-6-9(7-12-8)2-3-10(11)4-5-10/h6-7,12H,2-5,11H2,1H3. The van der Waals surface area contributed by atoms with Crippen molar-refractivity contribution >= 4 is 0 Å². The van der Waals surface area contributed by atoms with Gasteiger partial charge in [0.25, 0.3) is 0 Å². The summed E-state index contributed by atoms with van der Waals surface area (Å²) < 4.78 is 0. The van der Waals surface area contributed by atoms with E-state index in [2.05, 4.69) is 24.2 Å². The van der Waals surface area contributed by atoms with Crippen LogP contribution in [0.15, 0.2) is 12.3 Å². The van der Waals surface area contributed by atoms with Crippen molar-refractivity contribution in [2.75, 3.05) is 0 Å². The Labute approximate surface area is 73.2 Å². The Morgan fingerprint density at radius 1 is 1.58 bits per heavy atom. The number of nitrogens with two attached hydrogens (primary N) is 1. The number of aromatic nitrogens is 1. The van der Waals surface area contributed by atoms with Crippen molar-refractivity contribution in [2.45, 2.75) is 38.1 Å². The molecule has 1 fully saturated rings. The summed E-state index contributed by atoms with van der Waals surface area (Å²) >= 11 is 0. The topological polar surface area (TPSA) is 41.8 Å². The molecule has 66 valence electrons. The van der Waals surface area contributed by atoms with Crippen LogP contribution in [0.4, 0.5) is 0 Å². The predicted octanol–water partition coefficient (Wildman–Crippen LogP) is 1.75. The van der Waals surface area contributed by atoms with E-state index >= 15 is 0 Å². The summed E-state index contributed by atoms with van der Waals surface area (Å²) in [6.07, 6.45) is 6.79. The highest BCUT2D eigenvalue weighted by atomic mass is 14.8. The molecule has 0 amide bonds. The van der Waals surface area contributed by atoms with E-state index in [1.165, 1.54) is 24.1 Å². The van der Waals surface area contributed by atoms with Crippen LogP contribution in [0, 0.1) is 6.92 Å². The average molecular weight is 164 g/mol. The number of H-pyrrole nitrogens is 1. The normalized spacial score (nSPS) is 19.5. The number of hydrogen-bond donors (Lipinski definition) is 2. The van der Waals surface area contributed by atoms with E-state index in [0.717, 1.165) is 12.8 Å². The highest BCUT2D eigenvalue weighted by molar-refractivity contribution is 5.16. The second-order valence-corrected chi connectivity index (χ2v) is 4.05. The number of hydrogen-bond acceptors (Lipinski definition) is 1. The van der Waals surface area contributed by atoms with Crippen LogP contribution in [0.2, 0.25) is 0 Å². The van der Waals surface area contributed by atoms with Crippen molar-refractivity contribution in [2.24, 2.45) is 5.73 Å². The number of aromatic amines is 1. The number of aryl methyl sites for hydroxylation is 2. The second-order valence-electron chi connectivity index (χ2n) is 4.05. The van der Waals surface area contributed by atoms with Gasteiger partial charge in [0.15, 0.2) is 0 Å². The highest BCUT2D eigenvalue weighted by Crippen LogP contribution is 2.36. The fourth-order valence-corrected chi connectivity index (χ4v) is 1.52. The van der Waals surface area contributed by atoms with E-state index in [-0.39, 0.29) is 5.54 Å². The molecule has 2 rings (SSSR count). The summed E-state index contributed by atoms with van der Waals surface area (Å²) in [7, 11) is 0. The highest BCUT2D eigenvalue weighted by Gasteiger charge is 2.37. The van der Waals surface area contributed by atoms with Gasteiger partial charge in [-0.1, -0.05) is 0 Å². The molecule has 1 aliphatic rings. The Kier molecular flexibility index (Phi) is 1.72. The number of nitrogens with one attached hydrogen (secondary N) is 1. The van der Waals surface area contributed by atoms with E-state index in [1.54, 1.807) is 0 Å². The Morgan fingerprint density at radius 2 is 2.33 bits per heavy atom. The average Bonchev–Trinajstić information content (AvgIpc) is 2.60. The van der Waals surface area contributed by atoms with Crippen LogP contribution in [-0.2, 0) is 6.42 Å². The monoisotopic (exact) mass is 164 g/mol. The van der Waals surface area contributed by atoms with Crippen LogP contribution in [0.3, 0.4) is 0 Å². The molecule has 0 bridgehead atoms. The molecule has 12 heavy (non-hydrogen) atoms. The molecule has 0 spiro atoms. The fraction of sp³-hybridized carbons (Fsp3) is 0.600. The molecule has 0 radical (unpaired) electrons. The van der Waals surface area contributed by atoms with Crippen LogP contribution in [-0.4, -0.2) is 10.5 Å². The number of rotatable bonds is 3. The third-order valence-electron chi connectivity index (χ3n) is 2.69. The zero-order valence-electron chi connectivity index (χ0n) is 7.56. The van der Waals surface area contributed by atoms with E-state index in [4.69, 9.17) is 5.73 Å². The molecule has 1 aliphatic carbocycles. The van der Waals surface area contributed by atoms with Gasteiger partial charge in [-0.2, -0.15) is 0 Å². The largest absolute Gasteiger partial charge is 0.365 e. The van der Waals surface area contributed by atoms with Gasteiger partial charge < -0.3 is 10.7 Å². The van der Waals surface area contributed by atoms with Crippen molar-refractivity contribution in [1.29, 1.82) is 0 Å². The maximum Gasteiger partial charge on any atom is 0.0158 e. The maximum absolute atomic E-state index is 5.99. The summed E-state index contributed by atoms with van der Waals surface area (Å²) in [4.78, 5) is 3.18. The van der Waals surface area contributed by atoms with Crippen LogP contribution >= 0.6 is 0 Å². The lowest BCUT2D eigenvalue weighted by Crippen LogP contribution is -2.21. The molecule has 1 aromatic rings. The molecule has 0 saturated heterocycles. The molecular weight excluding hydrogens is 148 g/mol. The molecule has 1 aromatic heterocycles. The molecule has 1 heterocycles. The second kappa shape index (κ2) is 2.63. The minimum Gasteiger partial charge on any atom is -0.365 e. The first kappa shape index (κ1) is 7.87. The van der Waals surface area contributed by atoms with Gasteiger partial charge >= 0.3 is 0 Å². The van der Waals surface area contributed by atoms with Gasteiger partial charge in [-0.05, 0) is 44.2 Å². The Morgan fingerprint density at radius 3 is 2.83 bits per heavy atom. The molecule has 3 N–H and O–H groups in total. The van der Waals surface area contributed by atoms with Gasteiger partial charge in [-0.25, -0.2) is 0 Å². The third kappa shape index (κ3) is 1.69. The summed E-state index contributed by atoms with van der Waals surface area (Å²) in [6.45, 7) is 2.08. The van der Waals surface area contributed by atoms with Crippen molar-refractivity contribution in [3.05, 3.63) is 23.5 Å². The first-order valence-corrected chi connectivity index (χ1v) is 4.61. The predicted molar refractivity (Wildman–Crippen MR) is 50.0 cm³/mol. The Hall–Kier alpha value is -0.760. The quantitative estimate of drug-likeness (QED) is 0.702. The molecular formula is C10H16N2. The minimum atomic E-state index is 0.200. The molecule has 1 saturated carbocycles. The smallest absolute Gasteiger partial charge is 0.0158 e. The lowest BCUT2D eigenvalue weighted by atomic mass is 10.1.